The third-order valence-corrected chi connectivity index (χ3v) is 2.60. The number of nitrogens with zero attached hydrogens (tertiary/aromatic N) is 2. The van der Waals surface area contributed by atoms with E-state index in [1.54, 1.807) is 6.92 Å². The summed E-state index contributed by atoms with van der Waals surface area (Å²) in [4.78, 5) is 15.3. The van der Waals surface area contributed by atoms with Gasteiger partial charge in [-0.3, -0.25) is 0 Å². The van der Waals surface area contributed by atoms with Crippen molar-refractivity contribution in [3.05, 3.63) is 11.7 Å². The highest BCUT2D eigenvalue weighted by Gasteiger charge is 2.20. The molecule has 1 unspecified atom stereocenters. The van der Waals surface area contributed by atoms with Gasteiger partial charge < -0.3 is 14.0 Å². The predicted octanol–water partition coefficient (Wildman–Crippen LogP) is 1.36. The van der Waals surface area contributed by atoms with Crippen LogP contribution in [0.2, 0.25) is 0 Å². The Labute approximate surface area is 99.3 Å². The van der Waals surface area contributed by atoms with Gasteiger partial charge in [0.2, 0.25) is 0 Å². The Bertz CT molecular complexity index is 371. The molecule has 2 rings (SSSR count). The van der Waals surface area contributed by atoms with Gasteiger partial charge in [0.15, 0.2) is 5.82 Å². The average molecular weight is 240 g/mol. The summed E-state index contributed by atoms with van der Waals surface area (Å²) in [7, 11) is 0. The van der Waals surface area contributed by atoms with Crippen LogP contribution in [-0.2, 0) is 15.9 Å². The number of hydrogen-bond donors (Lipinski definition) is 0. The Balaban J connectivity index is 1.91. The molecular weight excluding hydrogens is 224 g/mol. The minimum atomic E-state index is -0.573. The quantitative estimate of drug-likeness (QED) is 0.740. The molecule has 2 heterocycles. The van der Waals surface area contributed by atoms with Gasteiger partial charge in [-0.05, 0) is 26.2 Å². The van der Waals surface area contributed by atoms with Gasteiger partial charge in [-0.15, -0.1) is 0 Å². The summed E-state index contributed by atoms with van der Waals surface area (Å²) in [6, 6.07) is 0. The van der Waals surface area contributed by atoms with Gasteiger partial charge in [-0.2, -0.15) is 4.98 Å². The first-order valence-electron chi connectivity index (χ1n) is 5.91. The molecule has 0 spiro atoms. The number of ether oxygens (including phenoxy) is 2. The Morgan fingerprint density at radius 3 is 3.12 bits per heavy atom. The van der Waals surface area contributed by atoms with E-state index in [0.29, 0.717) is 18.9 Å². The lowest BCUT2D eigenvalue weighted by atomic mass is 10.1. The van der Waals surface area contributed by atoms with Crippen LogP contribution < -0.4 is 0 Å². The molecule has 1 aromatic rings. The summed E-state index contributed by atoms with van der Waals surface area (Å²) in [5.74, 6) is -0.159. The van der Waals surface area contributed by atoms with Gasteiger partial charge in [-0.1, -0.05) is 5.16 Å². The fraction of sp³-hybridized carbons (Fsp3) is 0.727. The fourth-order valence-electron chi connectivity index (χ4n) is 1.78. The molecule has 1 fully saturated rings. The van der Waals surface area contributed by atoms with Crippen LogP contribution in [0.4, 0.5) is 0 Å². The molecule has 1 atom stereocenters. The number of esters is 1. The Kier molecular flexibility index (Phi) is 4.08. The van der Waals surface area contributed by atoms with Crippen molar-refractivity contribution >= 4 is 5.97 Å². The summed E-state index contributed by atoms with van der Waals surface area (Å²) >= 11 is 0. The van der Waals surface area contributed by atoms with Crippen molar-refractivity contribution in [1.29, 1.82) is 0 Å². The highest BCUT2D eigenvalue weighted by molar-refractivity contribution is 5.83. The SMILES string of the molecule is CCOC(=O)c1nc(CC2CCCCO2)no1. The molecule has 0 radical (unpaired) electrons. The lowest BCUT2D eigenvalue weighted by molar-refractivity contribution is 0.0153. The van der Waals surface area contributed by atoms with Gasteiger partial charge in [-0.25, -0.2) is 4.79 Å². The molecule has 0 saturated carbocycles. The summed E-state index contributed by atoms with van der Waals surface area (Å²) in [5.41, 5.74) is 0. The van der Waals surface area contributed by atoms with Crippen LogP contribution in [0.1, 0.15) is 42.7 Å². The van der Waals surface area contributed by atoms with Crippen molar-refractivity contribution in [3.8, 4) is 0 Å². The second-order valence-electron chi connectivity index (χ2n) is 3.93. The monoisotopic (exact) mass is 240 g/mol. The van der Waals surface area contributed by atoms with Gasteiger partial charge in [0.05, 0.1) is 12.7 Å². The minimum absolute atomic E-state index is 0.0855. The average Bonchev–Trinajstić information content (AvgIpc) is 2.79. The zero-order valence-electron chi connectivity index (χ0n) is 9.85. The number of hydrogen-bond acceptors (Lipinski definition) is 6. The lowest BCUT2D eigenvalue weighted by Gasteiger charge is -2.20. The van der Waals surface area contributed by atoms with E-state index < -0.39 is 5.97 Å². The zero-order chi connectivity index (χ0) is 12.1. The molecule has 6 nitrogen and oxygen atoms in total. The number of aromatic nitrogens is 2. The second kappa shape index (κ2) is 5.77. The third-order valence-electron chi connectivity index (χ3n) is 2.60. The van der Waals surface area contributed by atoms with E-state index in [2.05, 4.69) is 10.1 Å². The molecule has 0 amide bonds. The standard InChI is InChI=1S/C11H16N2O4/c1-2-15-11(14)10-12-9(13-17-10)7-8-5-3-4-6-16-8/h8H,2-7H2,1H3. The van der Waals surface area contributed by atoms with E-state index in [0.717, 1.165) is 25.9 Å². The normalized spacial score (nSPS) is 20.2. The Morgan fingerprint density at radius 1 is 1.53 bits per heavy atom. The van der Waals surface area contributed by atoms with E-state index in [4.69, 9.17) is 14.0 Å². The van der Waals surface area contributed by atoms with Crippen LogP contribution in [-0.4, -0.2) is 35.4 Å². The van der Waals surface area contributed by atoms with Gasteiger partial charge in [0.25, 0.3) is 0 Å². The van der Waals surface area contributed by atoms with E-state index in [-0.39, 0.29) is 12.0 Å². The summed E-state index contributed by atoms with van der Waals surface area (Å²) in [6.45, 7) is 2.81. The molecule has 1 aliphatic heterocycles. The lowest BCUT2D eigenvalue weighted by Crippen LogP contribution is -2.21. The highest BCUT2D eigenvalue weighted by Crippen LogP contribution is 2.16. The maximum Gasteiger partial charge on any atom is 0.397 e. The molecule has 94 valence electrons. The maximum absolute atomic E-state index is 11.3. The summed E-state index contributed by atoms with van der Waals surface area (Å²) < 4.78 is 15.2. The van der Waals surface area contributed by atoms with Gasteiger partial charge >= 0.3 is 11.9 Å². The Hall–Kier alpha value is -1.43. The summed E-state index contributed by atoms with van der Waals surface area (Å²) in [5, 5.41) is 3.75. The molecule has 17 heavy (non-hydrogen) atoms. The first-order chi connectivity index (χ1) is 8.29. The van der Waals surface area contributed by atoms with Crippen molar-refractivity contribution in [2.75, 3.05) is 13.2 Å². The number of carbonyl (C=O) groups excluding carboxylic acids is 1. The molecule has 1 saturated heterocycles. The van der Waals surface area contributed by atoms with Crippen LogP contribution in [0.3, 0.4) is 0 Å². The van der Waals surface area contributed by atoms with Gasteiger partial charge in [0.1, 0.15) is 0 Å². The third kappa shape index (κ3) is 3.26. The molecule has 1 aliphatic rings. The molecule has 0 aliphatic carbocycles. The topological polar surface area (TPSA) is 74.5 Å². The Morgan fingerprint density at radius 2 is 2.41 bits per heavy atom. The molecule has 6 heteroatoms. The fourth-order valence-corrected chi connectivity index (χ4v) is 1.78. The first kappa shape index (κ1) is 12.0. The molecular formula is C11H16N2O4. The highest BCUT2D eigenvalue weighted by atomic mass is 16.6. The minimum Gasteiger partial charge on any atom is -0.459 e. The largest absolute Gasteiger partial charge is 0.459 e. The van der Waals surface area contributed by atoms with Crippen LogP contribution >= 0.6 is 0 Å². The van der Waals surface area contributed by atoms with Crippen LogP contribution in [0.15, 0.2) is 4.52 Å². The van der Waals surface area contributed by atoms with Crippen LogP contribution in [0.25, 0.3) is 0 Å². The first-order valence-corrected chi connectivity index (χ1v) is 5.91. The molecule has 0 aromatic carbocycles. The van der Waals surface area contributed by atoms with Crippen LogP contribution in [0.5, 0.6) is 0 Å². The van der Waals surface area contributed by atoms with Crippen molar-refractivity contribution in [1.82, 2.24) is 10.1 Å². The van der Waals surface area contributed by atoms with E-state index in [9.17, 15) is 4.79 Å². The van der Waals surface area contributed by atoms with E-state index in [1.807, 2.05) is 0 Å². The van der Waals surface area contributed by atoms with E-state index in [1.165, 1.54) is 0 Å². The molecule has 0 bridgehead atoms. The van der Waals surface area contributed by atoms with Crippen LogP contribution in [0, 0.1) is 0 Å². The second-order valence-corrected chi connectivity index (χ2v) is 3.93. The predicted molar refractivity (Wildman–Crippen MR) is 57.5 cm³/mol. The summed E-state index contributed by atoms with van der Waals surface area (Å²) in [6.07, 6.45) is 3.99. The molecule has 1 aromatic heterocycles. The van der Waals surface area contributed by atoms with E-state index >= 15 is 0 Å². The number of carbonyl (C=O) groups is 1. The van der Waals surface area contributed by atoms with Crippen molar-refractivity contribution in [2.24, 2.45) is 0 Å². The molecule has 0 N–H and O–H groups in total. The van der Waals surface area contributed by atoms with Crippen molar-refractivity contribution in [3.63, 3.8) is 0 Å². The number of rotatable bonds is 4. The van der Waals surface area contributed by atoms with Gasteiger partial charge in [0, 0.05) is 13.0 Å². The van der Waals surface area contributed by atoms with Crippen molar-refractivity contribution in [2.45, 2.75) is 38.7 Å². The maximum atomic E-state index is 11.3. The zero-order valence-corrected chi connectivity index (χ0v) is 9.85. The van der Waals surface area contributed by atoms with Crippen molar-refractivity contribution < 1.29 is 18.8 Å². The smallest absolute Gasteiger partial charge is 0.397 e.